The third-order valence-electron chi connectivity index (χ3n) is 6.79. The first-order chi connectivity index (χ1) is 13.1. The number of sulfone groups is 1. The molecule has 0 radical (unpaired) electrons. The van der Waals surface area contributed by atoms with Crippen LogP contribution in [0, 0.1) is 5.92 Å². The second-order valence-corrected chi connectivity index (χ2v) is 12.7. The number of hydrogen-bond donors (Lipinski definition) is 0. The van der Waals surface area contributed by atoms with E-state index in [1.807, 2.05) is 0 Å². The number of rotatable bonds is 3. The summed E-state index contributed by atoms with van der Waals surface area (Å²) >= 11 is 0. The highest BCUT2D eigenvalue weighted by atomic mass is 32.2. The van der Waals surface area contributed by atoms with Crippen molar-refractivity contribution < 1.29 is 35.1 Å². The minimum absolute atomic E-state index is 0.104. The van der Waals surface area contributed by atoms with Crippen LogP contribution in [0.5, 0.6) is 0 Å². The van der Waals surface area contributed by atoms with Crippen LogP contribution in [-0.2, 0) is 29.3 Å². The molecule has 7 nitrogen and oxygen atoms in total. The minimum Gasteiger partial charge on any atom is -0.373 e. The zero-order chi connectivity index (χ0) is 20.3. The average Bonchev–Trinajstić information content (AvgIpc) is 3.05. The molecule has 0 aromatic rings. The third-order valence-corrected chi connectivity index (χ3v) is 10.8. The SMILES string of the molecule is CS(=O)(=O)N1CCC2C(F)C(S(=O)(=O)C3CCC4OCCOC4C3)C(F)CC21. The number of halogens is 2. The van der Waals surface area contributed by atoms with Crippen molar-refractivity contribution in [1.82, 2.24) is 4.31 Å². The zero-order valence-corrected chi connectivity index (χ0v) is 17.4. The Balaban J connectivity index is 1.54. The lowest BCUT2D eigenvalue weighted by Crippen LogP contribution is -2.57. The lowest BCUT2D eigenvalue weighted by molar-refractivity contribution is -0.153. The zero-order valence-electron chi connectivity index (χ0n) is 15.7. The first kappa shape index (κ1) is 20.9. The Labute approximate surface area is 164 Å². The van der Waals surface area contributed by atoms with E-state index in [9.17, 15) is 21.2 Å². The van der Waals surface area contributed by atoms with E-state index in [1.165, 1.54) is 0 Å². The molecule has 2 saturated carbocycles. The van der Waals surface area contributed by atoms with Gasteiger partial charge >= 0.3 is 0 Å². The molecular weight excluding hydrogens is 416 g/mol. The van der Waals surface area contributed by atoms with E-state index in [0.29, 0.717) is 26.1 Å². The van der Waals surface area contributed by atoms with Gasteiger partial charge in [0.1, 0.15) is 17.6 Å². The summed E-state index contributed by atoms with van der Waals surface area (Å²) in [6.07, 6.45) is -2.43. The molecule has 0 aromatic carbocycles. The highest BCUT2D eigenvalue weighted by Gasteiger charge is 2.58. The largest absolute Gasteiger partial charge is 0.373 e. The summed E-state index contributed by atoms with van der Waals surface area (Å²) in [7, 11) is -7.67. The van der Waals surface area contributed by atoms with Gasteiger partial charge in [-0.2, -0.15) is 4.31 Å². The number of ether oxygens (including phenoxy) is 2. The van der Waals surface area contributed by atoms with Crippen molar-refractivity contribution in [3.63, 3.8) is 0 Å². The van der Waals surface area contributed by atoms with Gasteiger partial charge in [-0.1, -0.05) is 0 Å². The Kier molecular flexibility index (Phi) is 5.52. The van der Waals surface area contributed by atoms with E-state index in [1.54, 1.807) is 0 Å². The van der Waals surface area contributed by atoms with Crippen LogP contribution in [0.2, 0.25) is 0 Å². The molecule has 0 aromatic heterocycles. The first-order valence-electron chi connectivity index (χ1n) is 9.81. The van der Waals surface area contributed by atoms with Gasteiger partial charge < -0.3 is 9.47 Å². The normalized spacial score (nSPS) is 45.4. The van der Waals surface area contributed by atoms with Crippen LogP contribution in [0.1, 0.15) is 32.1 Å². The molecule has 4 fully saturated rings. The Morgan fingerprint density at radius 2 is 1.61 bits per heavy atom. The van der Waals surface area contributed by atoms with Gasteiger partial charge in [-0.25, -0.2) is 25.6 Å². The topological polar surface area (TPSA) is 90.0 Å². The van der Waals surface area contributed by atoms with Gasteiger partial charge in [0.05, 0.1) is 36.9 Å². The predicted molar refractivity (Wildman–Crippen MR) is 97.7 cm³/mol. The van der Waals surface area contributed by atoms with Gasteiger partial charge in [0.25, 0.3) is 0 Å². The Hall–Kier alpha value is -0.360. The van der Waals surface area contributed by atoms with Gasteiger partial charge in [0, 0.05) is 18.5 Å². The highest BCUT2D eigenvalue weighted by molar-refractivity contribution is 7.92. The van der Waals surface area contributed by atoms with Crippen LogP contribution >= 0.6 is 0 Å². The number of hydrogen-bond acceptors (Lipinski definition) is 6. The molecule has 2 aliphatic heterocycles. The van der Waals surface area contributed by atoms with Crippen molar-refractivity contribution in [1.29, 1.82) is 0 Å². The quantitative estimate of drug-likeness (QED) is 0.642. The number of sulfonamides is 1. The van der Waals surface area contributed by atoms with Crippen molar-refractivity contribution in [2.75, 3.05) is 26.0 Å². The summed E-state index contributed by atoms with van der Waals surface area (Å²) in [5, 5.41) is -2.60. The van der Waals surface area contributed by atoms with Gasteiger partial charge in [-0.05, 0) is 32.1 Å². The van der Waals surface area contributed by atoms with Crippen LogP contribution in [0.25, 0.3) is 0 Å². The smallest absolute Gasteiger partial charge is 0.211 e. The Morgan fingerprint density at radius 3 is 2.29 bits per heavy atom. The van der Waals surface area contributed by atoms with E-state index in [0.717, 1.165) is 10.6 Å². The maximum atomic E-state index is 15.3. The van der Waals surface area contributed by atoms with Crippen molar-refractivity contribution in [2.45, 2.75) is 73.2 Å². The van der Waals surface area contributed by atoms with Crippen LogP contribution in [-0.4, -0.2) is 88.2 Å². The van der Waals surface area contributed by atoms with Gasteiger partial charge in [0.2, 0.25) is 10.0 Å². The van der Waals surface area contributed by atoms with Gasteiger partial charge in [-0.15, -0.1) is 0 Å². The molecule has 2 heterocycles. The van der Waals surface area contributed by atoms with E-state index < -0.39 is 54.7 Å². The second-order valence-electron chi connectivity index (χ2n) is 8.40. The van der Waals surface area contributed by atoms with E-state index in [4.69, 9.17) is 9.47 Å². The molecule has 11 heteroatoms. The average molecular weight is 444 g/mol. The molecule has 0 bridgehead atoms. The summed E-state index contributed by atoms with van der Waals surface area (Å²) in [6, 6.07) is -0.808. The van der Waals surface area contributed by atoms with E-state index in [-0.39, 0.29) is 38.0 Å². The molecule has 0 spiro atoms. The second kappa shape index (κ2) is 7.40. The standard InChI is InChI=1S/C17H27F2NO6S2/c1-27(21,22)20-5-4-11-13(20)9-12(18)17(16(11)19)28(23,24)10-2-3-14-15(8-10)26-7-6-25-14/h10-17H,2-9H2,1H3. The van der Waals surface area contributed by atoms with Crippen molar-refractivity contribution in [3.8, 4) is 0 Å². The molecule has 8 atom stereocenters. The maximum absolute atomic E-state index is 15.3. The van der Waals surface area contributed by atoms with Crippen molar-refractivity contribution >= 4 is 19.9 Å². The fourth-order valence-electron chi connectivity index (χ4n) is 5.47. The minimum atomic E-state index is -4.08. The molecule has 8 unspecified atom stereocenters. The molecule has 162 valence electrons. The molecule has 4 rings (SSSR count). The van der Waals surface area contributed by atoms with Gasteiger partial charge in [-0.3, -0.25) is 0 Å². The summed E-state index contributed by atoms with van der Waals surface area (Å²) < 4.78 is 92.8. The summed E-state index contributed by atoms with van der Waals surface area (Å²) in [4.78, 5) is 0. The summed E-state index contributed by atoms with van der Waals surface area (Å²) in [5.41, 5.74) is 0. The van der Waals surface area contributed by atoms with Crippen molar-refractivity contribution in [2.24, 2.45) is 5.92 Å². The Bertz CT molecular complexity index is 806. The lowest BCUT2D eigenvalue weighted by Gasteiger charge is -2.43. The number of alkyl halides is 2. The van der Waals surface area contributed by atoms with E-state index >= 15 is 4.39 Å². The Morgan fingerprint density at radius 1 is 0.929 bits per heavy atom. The fourth-order valence-corrected chi connectivity index (χ4v) is 9.09. The highest BCUT2D eigenvalue weighted by Crippen LogP contribution is 2.45. The molecule has 2 aliphatic carbocycles. The van der Waals surface area contributed by atoms with Crippen molar-refractivity contribution in [3.05, 3.63) is 0 Å². The molecule has 2 saturated heterocycles. The van der Waals surface area contributed by atoms with Crippen LogP contribution in [0.15, 0.2) is 0 Å². The number of nitrogens with zero attached hydrogens (tertiary/aromatic N) is 1. The fraction of sp³-hybridized carbons (Fsp3) is 1.00. The lowest BCUT2D eigenvalue weighted by atomic mass is 9.82. The predicted octanol–water partition coefficient (Wildman–Crippen LogP) is 0.836. The van der Waals surface area contributed by atoms with Crippen LogP contribution in [0.4, 0.5) is 8.78 Å². The van der Waals surface area contributed by atoms with E-state index in [2.05, 4.69) is 0 Å². The molecule has 4 aliphatic rings. The maximum Gasteiger partial charge on any atom is 0.211 e. The first-order valence-corrected chi connectivity index (χ1v) is 13.3. The summed E-state index contributed by atoms with van der Waals surface area (Å²) in [6.45, 7) is 0.965. The number of fused-ring (bicyclic) bond motifs is 2. The monoisotopic (exact) mass is 443 g/mol. The van der Waals surface area contributed by atoms with Gasteiger partial charge in [0.15, 0.2) is 9.84 Å². The molecule has 28 heavy (non-hydrogen) atoms. The molecule has 0 N–H and O–H groups in total. The molecular formula is C17H27F2NO6S2. The van der Waals surface area contributed by atoms with Crippen LogP contribution < -0.4 is 0 Å². The summed E-state index contributed by atoms with van der Waals surface area (Å²) in [5.74, 6) is -0.785. The third kappa shape index (κ3) is 3.51. The molecule has 0 amide bonds. The van der Waals surface area contributed by atoms with Crippen LogP contribution in [0.3, 0.4) is 0 Å².